The Morgan fingerprint density at radius 1 is 1.82 bits per heavy atom. The zero-order valence-corrected chi connectivity index (χ0v) is 6.74. The topological polar surface area (TPSA) is 60.8 Å². The van der Waals surface area contributed by atoms with Gasteiger partial charge < -0.3 is 15.1 Å². The monoisotopic (exact) mass is 159 g/mol. The zero-order chi connectivity index (χ0) is 8.65. The molecule has 1 saturated carbocycles. The molecule has 4 nitrogen and oxygen atoms in total. The average Bonchev–Trinajstić information content (AvgIpc) is 2.61. The normalized spacial score (nSPS) is 35.0. The fraction of sp³-hybridized carbons (Fsp3) is 0.857. The molecule has 0 aliphatic heterocycles. The van der Waals surface area contributed by atoms with Crippen molar-refractivity contribution in [2.24, 2.45) is 5.92 Å². The molecule has 0 heterocycles. The van der Waals surface area contributed by atoms with Gasteiger partial charge in [0.15, 0.2) is 0 Å². The second-order valence-electron chi connectivity index (χ2n) is 3.21. The van der Waals surface area contributed by atoms with Gasteiger partial charge in [-0.3, -0.25) is 0 Å². The van der Waals surface area contributed by atoms with Crippen molar-refractivity contribution in [2.45, 2.75) is 18.9 Å². The highest BCUT2D eigenvalue weighted by atomic mass is 16.4. The van der Waals surface area contributed by atoms with Crippen molar-refractivity contribution < 1.29 is 15.0 Å². The van der Waals surface area contributed by atoms with Crippen molar-refractivity contribution in [1.29, 1.82) is 0 Å². The maximum Gasteiger partial charge on any atom is 0.407 e. The molecule has 0 unspecified atom stereocenters. The van der Waals surface area contributed by atoms with Gasteiger partial charge in [-0.2, -0.15) is 0 Å². The van der Waals surface area contributed by atoms with Crippen LogP contribution in [0.25, 0.3) is 0 Å². The molecule has 64 valence electrons. The van der Waals surface area contributed by atoms with E-state index in [4.69, 9.17) is 10.2 Å². The molecule has 1 rings (SSSR count). The van der Waals surface area contributed by atoms with Crippen LogP contribution in [0.1, 0.15) is 13.3 Å². The molecule has 2 N–H and O–H groups in total. The Morgan fingerprint density at radius 2 is 2.27 bits per heavy atom. The molecule has 1 aliphatic rings. The molecule has 0 aromatic heterocycles. The molecule has 2 atom stereocenters. The molecule has 0 aromatic rings. The van der Waals surface area contributed by atoms with Crippen molar-refractivity contribution in [1.82, 2.24) is 4.90 Å². The van der Waals surface area contributed by atoms with Crippen molar-refractivity contribution in [2.75, 3.05) is 13.7 Å². The first kappa shape index (κ1) is 8.33. The number of rotatable bonds is 2. The Kier molecular flexibility index (Phi) is 1.80. The summed E-state index contributed by atoms with van der Waals surface area (Å²) in [5.41, 5.74) is -0.480. The molecule has 11 heavy (non-hydrogen) atoms. The summed E-state index contributed by atoms with van der Waals surface area (Å²) in [5, 5.41) is 17.6. The van der Waals surface area contributed by atoms with Crippen molar-refractivity contribution in [3.63, 3.8) is 0 Å². The summed E-state index contributed by atoms with van der Waals surface area (Å²) in [6, 6.07) is 0. The summed E-state index contributed by atoms with van der Waals surface area (Å²) in [7, 11) is 1.50. The predicted molar refractivity (Wildman–Crippen MR) is 39.4 cm³/mol. The van der Waals surface area contributed by atoms with Gasteiger partial charge in [0, 0.05) is 7.05 Å². The standard InChI is InChI=1S/C7H13NO3/c1-5-3-7(5,4-9)8(2)6(10)11/h5,9H,3-4H2,1-2H3,(H,10,11)/t5-,7+/m1/s1. The first-order chi connectivity index (χ1) is 5.04. The molecule has 0 radical (unpaired) electrons. The van der Waals surface area contributed by atoms with E-state index in [1.54, 1.807) is 0 Å². The van der Waals surface area contributed by atoms with Crippen LogP contribution in [-0.4, -0.2) is 40.4 Å². The van der Waals surface area contributed by atoms with Crippen LogP contribution in [0.15, 0.2) is 0 Å². The molecule has 0 bridgehead atoms. The quantitative estimate of drug-likeness (QED) is 0.611. The number of carbonyl (C=O) groups is 1. The van der Waals surface area contributed by atoms with E-state index in [9.17, 15) is 4.79 Å². The molecule has 1 aliphatic carbocycles. The summed E-state index contributed by atoms with van der Waals surface area (Å²) in [5.74, 6) is 0.286. The van der Waals surface area contributed by atoms with Gasteiger partial charge in [-0.05, 0) is 12.3 Å². The van der Waals surface area contributed by atoms with E-state index in [-0.39, 0.29) is 12.5 Å². The largest absolute Gasteiger partial charge is 0.465 e. The van der Waals surface area contributed by atoms with E-state index >= 15 is 0 Å². The molecular formula is C7H13NO3. The van der Waals surface area contributed by atoms with Crippen molar-refractivity contribution in [3.05, 3.63) is 0 Å². The Balaban J connectivity index is 2.65. The second-order valence-corrected chi connectivity index (χ2v) is 3.21. The summed E-state index contributed by atoms with van der Waals surface area (Å²) < 4.78 is 0. The lowest BCUT2D eigenvalue weighted by molar-refractivity contribution is 0.0962. The summed E-state index contributed by atoms with van der Waals surface area (Å²) in [6.07, 6.45) is -0.199. The van der Waals surface area contributed by atoms with Crippen LogP contribution in [0.2, 0.25) is 0 Å². The lowest BCUT2D eigenvalue weighted by Crippen LogP contribution is -2.42. The number of likely N-dealkylation sites (N-methyl/N-ethyl adjacent to an activating group) is 1. The highest BCUT2D eigenvalue weighted by molar-refractivity contribution is 5.66. The number of nitrogens with zero attached hydrogens (tertiary/aromatic N) is 1. The van der Waals surface area contributed by atoms with E-state index in [1.165, 1.54) is 11.9 Å². The lowest BCUT2D eigenvalue weighted by Gasteiger charge is -2.24. The van der Waals surface area contributed by atoms with E-state index < -0.39 is 11.6 Å². The third-order valence-electron chi connectivity index (χ3n) is 2.65. The fourth-order valence-electron chi connectivity index (χ4n) is 1.46. The third-order valence-corrected chi connectivity index (χ3v) is 2.65. The van der Waals surface area contributed by atoms with Gasteiger partial charge in [0.2, 0.25) is 0 Å². The van der Waals surface area contributed by atoms with E-state index in [0.29, 0.717) is 0 Å². The minimum atomic E-state index is -0.969. The Morgan fingerprint density at radius 3 is 2.36 bits per heavy atom. The summed E-state index contributed by atoms with van der Waals surface area (Å²) >= 11 is 0. The van der Waals surface area contributed by atoms with E-state index in [2.05, 4.69) is 0 Å². The Bertz CT molecular complexity index is 179. The smallest absolute Gasteiger partial charge is 0.407 e. The Hall–Kier alpha value is -0.770. The van der Waals surface area contributed by atoms with Gasteiger partial charge >= 0.3 is 6.09 Å². The molecule has 1 amide bonds. The second kappa shape index (κ2) is 2.37. The van der Waals surface area contributed by atoms with Crippen LogP contribution in [0.5, 0.6) is 0 Å². The number of amides is 1. The predicted octanol–water partition coefficient (Wildman–Crippen LogP) is 0.367. The van der Waals surface area contributed by atoms with Crippen LogP contribution in [0.3, 0.4) is 0 Å². The highest BCUT2D eigenvalue weighted by Gasteiger charge is 2.55. The maximum absolute atomic E-state index is 10.5. The summed E-state index contributed by atoms with van der Waals surface area (Å²) in [6.45, 7) is 1.87. The number of aliphatic hydroxyl groups is 1. The van der Waals surface area contributed by atoms with Gasteiger partial charge in [0.1, 0.15) is 0 Å². The molecule has 0 saturated heterocycles. The van der Waals surface area contributed by atoms with E-state index in [0.717, 1.165) is 6.42 Å². The lowest BCUT2D eigenvalue weighted by atomic mass is 10.2. The number of aliphatic hydroxyl groups excluding tert-OH is 1. The van der Waals surface area contributed by atoms with Crippen molar-refractivity contribution in [3.8, 4) is 0 Å². The average molecular weight is 159 g/mol. The van der Waals surface area contributed by atoms with Gasteiger partial charge in [-0.25, -0.2) is 4.79 Å². The maximum atomic E-state index is 10.5. The highest BCUT2D eigenvalue weighted by Crippen LogP contribution is 2.46. The summed E-state index contributed by atoms with van der Waals surface area (Å²) in [4.78, 5) is 11.7. The minimum absolute atomic E-state index is 0.0725. The van der Waals surface area contributed by atoms with Crippen LogP contribution in [0, 0.1) is 5.92 Å². The first-order valence-corrected chi connectivity index (χ1v) is 3.62. The molecule has 0 aromatic carbocycles. The zero-order valence-electron chi connectivity index (χ0n) is 6.74. The van der Waals surface area contributed by atoms with Gasteiger partial charge in [0.05, 0.1) is 12.1 Å². The number of hydrogen-bond donors (Lipinski definition) is 2. The van der Waals surface area contributed by atoms with Crippen molar-refractivity contribution >= 4 is 6.09 Å². The molecule has 4 heteroatoms. The Labute approximate surface area is 65.4 Å². The first-order valence-electron chi connectivity index (χ1n) is 3.62. The number of carboxylic acid groups (broad SMARTS) is 1. The minimum Gasteiger partial charge on any atom is -0.465 e. The van der Waals surface area contributed by atoms with E-state index in [1.807, 2.05) is 6.92 Å². The van der Waals surface area contributed by atoms with Crippen LogP contribution in [-0.2, 0) is 0 Å². The third kappa shape index (κ3) is 1.07. The molecule has 0 spiro atoms. The number of hydrogen-bond acceptors (Lipinski definition) is 2. The van der Waals surface area contributed by atoms with Crippen LogP contribution in [0.4, 0.5) is 4.79 Å². The SMILES string of the molecule is C[C@@H]1C[C@@]1(CO)N(C)C(=O)O. The molecule has 1 fully saturated rings. The van der Waals surface area contributed by atoms with Gasteiger partial charge in [-0.1, -0.05) is 6.92 Å². The van der Waals surface area contributed by atoms with Gasteiger partial charge in [-0.15, -0.1) is 0 Å². The molecular weight excluding hydrogens is 146 g/mol. The fourth-order valence-corrected chi connectivity index (χ4v) is 1.46. The van der Waals surface area contributed by atoms with Crippen LogP contribution >= 0.6 is 0 Å². The van der Waals surface area contributed by atoms with Gasteiger partial charge in [0.25, 0.3) is 0 Å². The van der Waals surface area contributed by atoms with Crippen LogP contribution < -0.4 is 0 Å².